The molecule has 0 aliphatic rings. The van der Waals surface area contributed by atoms with Crippen LogP contribution in [0.5, 0.6) is 5.75 Å². The fraction of sp³-hybridized carbons (Fsp3) is 0.0625. The standard InChI is InChI=1S/C16H12BrO2/c1-18-14-4-2-3-11(10-14)15-7-5-12-9-13(17)6-8-16(12)19-15/h2-10H,1H3/q+1. The zero-order valence-corrected chi connectivity index (χ0v) is 12.0. The normalized spacial score (nSPS) is 10.6. The number of halogens is 1. The zero-order chi connectivity index (χ0) is 13.2. The summed E-state index contributed by atoms with van der Waals surface area (Å²) in [6, 6.07) is 17.8. The van der Waals surface area contributed by atoms with Gasteiger partial charge in [0.25, 0.3) is 0 Å². The van der Waals surface area contributed by atoms with Crippen molar-refractivity contribution < 1.29 is 9.15 Å². The summed E-state index contributed by atoms with van der Waals surface area (Å²) in [6.45, 7) is 0. The summed E-state index contributed by atoms with van der Waals surface area (Å²) >= 11 is 3.46. The van der Waals surface area contributed by atoms with E-state index < -0.39 is 0 Å². The minimum atomic E-state index is 0.823. The molecule has 0 saturated heterocycles. The van der Waals surface area contributed by atoms with Gasteiger partial charge >= 0.3 is 11.3 Å². The summed E-state index contributed by atoms with van der Waals surface area (Å²) in [5, 5.41) is 1.07. The van der Waals surface area contributed by atoms with Gasteiger partial charge in [-0.1, -0.05) is 22.0 Å². The minimum absolute atomic E-state index is 0.823. The lowest BCUT2D eigenvalue weighted by Gasteiger charge is -1.99. The fourth-order valence-corrected chi connectivity index (χ4v) is 2.37. The molecule has 3 heteroatoms. The van der Waals surface area contributed by atoms with E-state index in [9.17, 15) is 0 Å². The molecule has 0 aliphatic carbocycles. The van der Waals surface area contributed by atoms with Crippen LogP contribution < -0.4 is 4.74 Å². The van der Waals surface area contributed by atoms with Gasteiger partial charge in [-0.2, -0.15) is 0 Å². The number of fused-ring (bicyclic) bond motifs is 1. The topological polar surface area (TPSA) is 20.5 Å². The number of benzene rings is 2. The maximum atomic E-state index is 5.93. The number of hydrogen-bond acceptors (Lipinski definition) is 1. The van der Waals surface area contributed by atoms with Crippen LogP contribution in [-0.4, -0.2) is 7.11 Å². The van der Waals surface area contributed by atoms with Crippen molar-refractivity contribution in [2.24, 2.45) is 0 Å². The average molecular weight is 316 g/mol. The molecule has 0 bridgehead atoms. The third kappa shape index (κ3) is 2.47. The summed E-state index contributed by atoms with van der Waals surface area (Å²) in [5.74, 6) is 1.65. The third-order valence-corrected chi connectivity index (χ3v) is 3.45. The Bertz CT molecular complexity index is 738. The van der Waals surface area contributed by atoms with Crippen LogP contribution in [0.25, 0.3) is 22.3 Å². The van der Waals surface area contributed by atoms with Gasteiger partial charge in [-0.05, 0) is 36.4 Å². The molecule has 2 nitrogen and oxygen atoms in total. The SMILES string of the molecule is COc1cccc(-c2ccc3cc(Br)ccc3[o+]2)c1. The van der Waals surface area contributed by atoms with Gasteiger partial charge in [0, 0.05) is 16.6 Å². The van der Waals surface area contributed by atoms with Crippen LogP contribution in [0.15, 0.2) is 63.5 Å². The highest BCUT2D eigenvalue weighted by molar-refractivity contribution is 9.10. The van der Waals surface area contributed by atoms with E-state index in [1.807, 2.05) is 48.5 Å². The first kappa shape index (κ1) is 12.2. The highest BCUT2D eigenvalue weighted by atomic mass is 79.9. The molecule has 0 unspecified atom stereocenters. The first-order valence-corrected chi connectivity index (χ1v) is 6.72. The van der Waals surface area contributed by atoms with E-state index in [4.69, 9.17) is 9.15 Å². The molecule has 19 heavy (non-hydrogen) atoms. The highest BCUT2D eigenvalue weighted by Crippen LogP contribution is 2.28. The van der Waals surface area contributed by atoms with Gasteiger partial charge in [0.05, 0.1) is 18.1 Å². The van der Waals surface area contributed by atoms with Crippen molar-refractivity contribution in [3.05, 3.63) is 59.1 Å². The predicted octanol–water partition coefficient (Wildman–Crippen LogP) is 5.15. The van der Waals surface area contributed by atoms with Crippen LogP contribution in [0.4, 0.5) is 0 Å². The van der Waals surface area contributed by atoms with Crippen LogP contribution >= 0.6 is 15.9 Å². The van der Waals surface area contributed by atoms with Gasteiger partial charge in [0.15, 0.2) is 0 Å². The molecule has 0 radical (unpaired) electrons. The van der Waals surface area contributed by atoms with E-state index >= 15 is 0 Å². The first-order chi connectivity index (χ1) is 9.26. The number of ether oxygens (including phenoxy) is 1. The van der Waals surface area contributed by atoms with Gasteiger partial charge in [-0.25, -0.2) is 4.42 Å². The lowest BCUT2D eigenvalue weighted by Crippen LogP contribution is -1.84. The second kappa shape index (κ2) is 5.02. The molecule has 94 valence electrons. The fourth-order valence-electron chi connectivity index (χ4n) is 1.99. The molecular formula is C16H12BrO2+. The van der Waals surface area contributed by atoms with Crippen LogP contribution in [0.1, 0.15) is 0 Å². The molecule has 0 spiro atoms. The van der Waals surface area contributed by atoms with Crippen molar-refractivity contribution in [1.29, 1.82) is 0 Å². The number of rotatable bonds is 2. The third-order valence-electron chi connectivity index (χ3n) is 2.96. The Morgan fingerprint density at radius 3 is 2.74 bits per heavy atom. The molecule has 0 atom stereocenters. The quantitative estimate of drug-likeness (QED) is 0.609. The molecular weight excluding hydrogens is 304 g/mol. The molecule has 3 aromatic rings. The average Bonchev–Trinajstić information content (AvgIpc) is 2.46. The van der Waals surface area contributed by atoms with Crippen LogP contribution in [0, 0.1) is 0 Å². The lowest BCUT2D eigenvalue weighted by molar-refractivity contribution is 0.415. The summed E-state index contributed by atoms with van der Waals surface area (Å²) in [6.07, 6.45) is 0. The van der Waals surface area contributed by atoms with E-state index in [0.717, 1.165) is 32.5 Å². The largest absolute Gasteiger partial charge is 0.497 e. The van der Waals surface area contributed by atoms with Crippen LogP contribution in [0.2, 0.25) is 0 Å². The van der Waals surface area contributed by atoms with Crippen molar-refractivity contribution in [2.45, 2.75) is 0 Å². The maximum Gasteiger partial charge on any atom is 0.360 e. The van der Waals surface area contributed by atoms with E-state index in [0.29, 0.717) is 0 Å². The molecule has 2 aromatic carbocycles. The Balaban J connectivity index is 2.12. The maximum absolute atomic E-state index is 5.93. The Kier molecular flexibility index (Phi) is 3.22. The van der Waals surface area contributed by atoms with E-state index in [1.165, 1.54) is 0 Å². The van der Waals surface area contributed by atoms with Crippen LogP contribution in [0.3, 0.4) is 0 Å². The Hall–Kier alpha value is -1.87. The van der Waals surface area contributed by atoms with Gasteiger partial charge < -0.3 is 4.74 Å². The molecule has 0 fully saturated rings. The summed E-state index contributed by atoms with van der Waals surface area (Å²) in [5.41, 5.74) is 1.87. The minimum Gasteiger partial charge on any atom is -0.497 e. The Morgan fingerprint density at radius 1 is 1.00 bits per heavy atom. The highest BCUT2D eigenvalue weighted by Gasteiger charge is 2.15. The van der Waals surface area contributed by atoms with Gasteiger partial charge in [0.2, 0.25) is 0 Å². The van der Waals surface area contributed by atoms with Gasteiger partial charge in [0.1, 0.15) is 5.75 Å². The number of methoxy groups -OCH3 is 1. The van der Waals surface area contributed by atoms with Crippen molar-refractivity contribution in [3.63, 3.8) is 0 Å². The molecule has 0 N–H and O–H groups in total. The molecule has 1 heterocycles. The summed E-state index contributed by atoms with van der Waals surface area (Å²) < 4.78 is 12.2. The Morgan fingerprint density at radius 2 is 1.89 bits per heavy atom. The molecule has 0 amide bonds. The van der Waals surface area contributed by atoms with Crippen LogP contribution in [-0.2, 0) is 0 Å². The van der Waals surface area contributed by atoms with Crippen molar-refractivity contribution in [3.8, 4) is 17.1 Å². The summed E-state index contributed by atoms with van der Waals surface area (Å²) in [4.78, 5) is 0. The van der Waals surface area contributed by atoms with E-state index in [1.54, 1.807) is 7.11 Å². The molecule has 0 saturated carbocycles. The van der Waals surface area contributed by atoms with Crippen molar-refractivity contribution in [1.82, 2.24) is 0 Å². The molecule has 3 rings (SSSR count). The molecule has 1 aromatic heterocycles. The van der Waals surface area contributed by atoms with Gasteiger partial charge in [-0.15, -0.1) is 0 Å². The van der Waals surface area contributed by atoms with E-state index in [-0.39, 0.29) is 0 Å². The predicted molar refractivity (Wildman–Crippen MR) is 80.3 cm³/mol. The monoisotopic (exact) mass is 315 g/mol. The first-order valence-electron chi connectivity index (χ1n) is 5.93. The van der Waals surface area contributed by atoms with Gasteiger partial charge in [-0.3, -0.25) is 0 Å². The lowest BCUT2D eigenvalue weighted by atomic mass is 10.1. The second-order valence-corrected chi connectivity index (χ2v) is 5.13. The second-order valence-electron chi connectivity index (χ2n) is 4.21. The molecule has 0 aliphatic heterocycles. The van der Waals surface area contributed by atoms with Crippen molar-refractivity contribution in [2.75, 3.05) is 7.11 Å². The smallest absolute Gasteiger partial charge is 0.360 e. The number of hydrogen-bond donors (Lipinski definition) is 0. The van der Waals surface area contributed by atoms with Crippen molar-refractivity contribution >= 4 is 26.9 Å². The zero-order valence-electron chi connectivity index (χ0n) is 10.4. The van der Waals surface area contributed by atoms with E-state index in [2.05, 4.69) is 22.0 Å². The summed E-state index contributed by atoms with van der Waals surface area (Å²) in [7, 11) is 1.66. The Labute approximate surface area is 119 Å².